The highest BCUT2D eigenvalue weighted by Gasteiger charge is 2.51. The number of rotatable bonds is 7. The third kappa shape index (κ3) is 7.91. The molecular weight excluding hydrogens is 363 g/mol. The lowest BCUT2D eigenvalue weighted by Crippen LogP contribution is -2.45. The number of nitrogens with one attached hydrogen (secondary N) is 1. The van der Waals surface area contributed by atoms with E-state index >= 15 is 0 Å². The maximum atomic E-state index is 13.0. The number of hydrogen-bond acceptors (Lipinski definition) is 5. The zero-order valence-corrected chi connectivity index (χ0v) is 15.7. The van der Waals surface area contributed by atoms with E-state index in [0.717, 1.165) is 0 Å². The first kappa shape index (κ1) is 21.3. The van der Waals surface area contributed by atoms with Crippen LogP contribution in [0.2, 0.25) is 0 Å². The molecule has 0 saturated carbocycles. The van der Waals surface area contributed by atoms with Crippen molar-refractivity contribution < 1.29 is 23.1 Å². The van der Waals surface area contributed by atoms with E-state index in [4.69, 9.17) is 48.6 Å². The van der Waals surface area contributed by atoms with Crippen molar-refractivity contribution in [3.63, 3.8) is 0 Å². The first-order valence-electron chi connectivity index (χ1n) is 6.39. The summed E-state index contributed by atoms with van der Waals surface area (Å²) in [7, 11) is -3.95. The lowest BCUT2D eigenvalue weighted by atomic mass is 10.5. The molecule has 21 heavy (non-hydrogen) atoms. The second-order valence-electron chi connectivity index (χ2n) is 4.66. The summed E-state index contributed by atoms with van der Waals surface area (Å²) in [5, 5.41) is 2.24. The van der Waals surface area contributed by atoms with Crippen molar-refractivity contribution in [2.45, 2.75) is 56.4 Å². The quantitative estimate of drug-likeness (QED) is 0.518. The van der Waals surface area contributed by atoms with Gasteiger partial charge < -0.3 is 19.1 Å². The van der Waals surface area contributed by atoms with Gasteiger partial charge in [-0.3, -0.25) is 4.57 Å². The molecule has 0 aromatic rings. The highest BCUT2D eigenvalue weighted by atomic mass is 35.6. The van der Waals surface area contributed by atoms with Crippen LogP contribution >= 0.6 is 42.4 Å². The summed E-state index contributed by atoms with van der Waals surface area (Å²) in [4.78, 5) is 11.6. The average molecular weight is 385 g/mol. The Kier molecular flexibility index (Phi) is 8.92. The normalized spacial score (nSPS) is 14.4. The molecule has 6 nitrogen and oxygen atoms in total. The first-order valence-corrected chi connectivity index (χ1v) is 9.13. The second kappa shape index (κ2) is 8.80. The Bertz CT molecular complexity index is 373. The Morgan fingerprint density at radius 1 is 1.14 bits per heavy atom. The Labute approximate surface area is 140 Å². The number of carbonyl (C=O) groups is 1. The number of alkyl halides is 3. The average Bonchev–Trinajstić information content (AvgIpc) is 2.22. The van der Waals surface area contributed by atoms with E-state index in [9.17, 15) is 9.36 Å². The molecule has 10 heteroatoms. The highest BCUT2D eigenvalue weighted by Crippen LogP contribution is 2.60. The van der Waals surface area contributed by atoms with Crippen LogP contribution in [0.15, 0.2) is 0 Å². The van der Waals surface area contributed by atoms with Crippen LogP contribution in [0.4, 0.5) is 4.79 Å². The monoisotopic (exact) mass is 383 g/mol. The van der Waals surface area contributed by atoms with Gasteiger partial charge in [-0.2, -0.15) is 0 Å². The van der Waals surface area contributed by atoms with E-state index in [1.807, 2.05) is 0 Å². The first-order chi connectivity index (χ1) is 9.42. The van der Waals surface area contributed by atoms with Gasteiger partial charge in [0.2, 0.25) is 3.79 Å². The number of hydrogen-bond donors (Lipinski definition) is 1. The van der Waals surface area contributed by atoms with Crippen molar-refractivity contribution in [2.24, 2.45) is 0 Å². The van der Waals surface area contributed by atoms with Crippen LogP contribution < -0.4 is 5.32 Å². The fraction of sp³-hybridized carbons (Fsp3) is 0.909. The van der Waals surface area contributed by atoms with Gasteiger partial charge in [-0.25, -0.2) is 4.79 Å². The smallest absolute Gasteiger partial charge is 0.408 e. The molecule has 0 aromatic heterocycles. The van der Waals surface area contributed by atoms with Crippen LogP contribution in [0.1, 0.15) is 34.6 Å². The molecule has 0 radical (unpaired) electrons. The summed E-state index contributed by atoms with van der Waals surface area (Å²) in [6.45, 7) is 8.32. The Balaban J connectivity index is 5.48. The van der Waals surface area contributed by atoms with Crippen LogP contribution in [0.25, 0.3) is 0 Å². The zero-order valence-electron chi connectivity index (χ0n) is 12.6. The molecule has 126 valence electrons. The maximum Gasteiger partial charge on any atom is 0.408 e. The Morgan fingerprint density at radius 3 is 1.86 bits per heavy atom. The van der Waals surface area contributed by atoms with Gasteiger partial charge in [-0.1, -0.05) is 34.8 Å². The number of alkyl carbamates (subject to hydrolysis) is 1. The van der Waals surface area contributed by atoms with Gasteiger partial charge in [0, 0.05) is 0 Å². The van der Waals surface area contributed by atoms with Crippen LogP contribution in [0.3, 0.4) is 0 Å². The zero-order chi connectivity index (χ0) is 16.8. The SMILES string of the molecule is CCOC(=O)N[C@H](C(Cl)(Cl)Cl)P(=O)(OC(C)C)OC(C)C. The van der Waals surface area contributed by atoms with Gasteiger partial charge in [0.1, 0.15) is 0 Å². The molecule has 0 spiro atoms. The molecule has 1 amide bonds. The molecule has 0 aliphatic carbocycles. The van der Waals surface area contributed by atoms with Gasteiger partial charge in [0.25, 0.3) is 0 Å². The summed E-state index contributed by atoms with van der Waals surface area (Å²) in [5.41, 5.74) is 0. The molecule has 0 unspecified atom stereocenters. The Morgan fingerprint density at radius 2 is 1.57 bits per heavy atom. The lowest BCUT2D eigenvalue weighted by Gasteiger charge is -2.33. The largest absolute Gasteiger partial charge is 0.450 e. The topological polar surface area (TPSA) is 73.9 Å². The van der Waals surface area contributed by atoms with Gasteiger partial charge in [0.05, 0.1) is 18.8 Å². The van der Waals surface area contributed by atoms with Gasteiger partial charge >= 0.3 is 13.7 Å². The van der Waals surface area contributed by atoms with Crippen LogP contribution in [-0.2, 0) is 18.3 Å². The fourth-order valence-electron chi connectivity index (χ4n) is 1.36. The Hall–Kier alpha value is 0.290. The van der Waals surface area contributed by atoms with E-state index in [-0.39, 0.29) is 6.61 Å². The van der Waals surface area contributed by atoms with Crippen LogP contribution in [0.5, 0.6) is 0 Å². The standard InChI is InChI=1S/C11H21Cl3NO5P/c1-6-18-10(16)15-9(11(12,13)14)21(17,19-7(2)3)20-8(4)5/h7-9H,6H2,1-5H3,(H,15,16)/t9-/m0/s1. The van der Waals surface area contributed by atoms with E-state index in [2.05, 4.69) is 5.32 Å². The minimum absolute atomic E-state index is 0.110. The maximum absolute atomic E-state index is 13.0. The second-order valence-corrected chi connectivity index (χ2v) is 9.04. The third-order valence-corrected chi connectivity index (χ3v) is 5.56. The highest BCUT2D eigenvalue weighted by molar-refractivity contribution is 7.55. The molecule has 0 saturated heterocycles. The van der Waals surface area contributed by atoms with Crippen molar-refractivity contribution in [2.75, 3.05) is 6.61 Å². The van der Waals surface area contributed by atoms with E-state index in [0.29, 0.717) is 0 Å². The summed E-state index contributed by atoms with van der Waals surface area (Å²) in [6.07, 6.45) is -1.81. The van der Waals surface area contributed by atoms with Crippen molar-refractivity contribution >= 4 is 48.5 Å². The lowest BCUT2D eigenvalue weighted by molar-refractivity contribution is 0.125. The summed E-state index contributed by atoms with van der Waals surface area (Å²) in [5.74, 6) is -1.50. The number of amides is 1. The minimum Gasteiger partial charge on any atom is -0.450 e. The van der Waals surface area contributed by atoms with E-state index in [1.54, 1.807) is 34.6 Å². The van der Waals surface area contributed by atoms with Crippen molar-refractivity contribution in [3.8, 4) is 0 Å². The third-order valence-electron chi connectivity index (χ3n) is 1.87. The van der Waals surface area contributed by atoms with Crippen molar-refractivity contribution in [1.29, 1.82) is 0 Å². The molecule has 1 atom stereocenters. The van der Waals surface area contributed by atoms with Gasteiger partial charge in [0.15, 0.2) is 5.78 Å². The van der Waals surface area contributed by atoms with Gasteiger partial charge in [-0.15, -0.1) is 0 Å². The number of halogens is 3. The number of ether oxygens (including phenoxy) is 1. The molecule has 0 aliphatic rings. The predicted molar refractivity (Wildman–Crippen MR) is 84.3 cm³/mol. The molecule has 0 fully saturated rings. The van der Waals surface area contributed by atoms with Crippen molar-refractivity contribution in [3.05, 3.63) is 0 Å². The molecule has 1 N–H and O–H groups in total. The van der Waals surface area contributed by atoms with E-state index in [1.165, 1.54) is 0 Å². The van der Waals surface area contributed by atoms with Crippen LogP contribution in [0, 0.1) is 0 Å². The summed E-state index contributed by atoms with van der Waals surface area (Å²) < 4.78 is 26.2. The summed E-state index contributed by atoms with van der Waals surface area (Å²) in [6, 6.07) is 0. The molecule has 0 heterocycles. The van der Waals surface area contributed by atoms with Crippen LogP contribution in [-0.4, -0.2) is 34.5 Å². The summed E-state index contributed by atoms with van der Waals surface area (Å²) >= 11 is 17.5. The predicted octanol–water partition coefficient (Wildman–Crippen LogP) is 4.47. The van der Waals surface area contributed by atoms with E-state index < -0.39 is 35.5 Å². The van der Waals surface area contributed by atoms with Gasteiger partial charge in [-0.05, 0) is 34.6 Å². The molecule has 0 aromatic carbocycles. The van der Waals surface area contributed by atoms with Crippen molar-refractivity contribution in [1.82, 2.24) is 5.32 Å². The molecular formula is C11H21Cl3NO5P. The minimum atomic E-state index is -3.95. The molecule has 0 aliphatic heterocycles. The molecule has 0 bridgehead atoms. The fourth-order valence-corrected chi connectivity index (χ4v) is 4.69. The number of carbonyl (C=O) groups excluding carboxylic acids is 1. The molecule has 0 rings (SSSR count).